The van der Waals surface area contributed by atoms with Crippen molar-refractivity contribution in [1.29, 1.82) is 0 Å². The molecule has 4 rings (SSSR count). The van der Waals surface area contributed by atoms with Gasteiger partial charge in [-0.2, -0.15) is 0 Å². The Labute approximate surface area is 166 Å². The van der Waals surface area contributed by atoms with Crippen LogP contribution in [0.25, 0.3) is 0 Å². The van der Waals surface area contributed by atoms with Crippen molar-refractivity contribution in [3.8, 4) is 0 Å². The van der Waals surface area contributed by atoms with Crippen LogP contribution in [0.4, 0.5) is 0 Å². The number of amides is 2. The summed E-state index contributed by atoms with van der Waals surface area (Å²) in [6, 6.07) is 12.3. The Morgan fingerprint density at radius 3 is 2.61 bits per heavy atom. The van der Waals surface area contributed by atoms with E-state index in [-0.39, 0.29) is 29.7 Å². The van der Waals surface area contributed by atoms with Crippen LogP contribution in [0.15, 0.2) is 48.8 Å². The molecule has 1 aliphatic carbocycles. The Hall–Kier alpha value is -2.69. The van der Waals surface area contributed by atoms with E-state index in [1.807, 2.05) is 23.2 Å². The molecule has 1 N–H and O–H groups in total. The second-order valence-electron chi connectivity index (χ2n) is 8.07. The van der Waals surface area contributed by atoms with E-state index in [0.29, 0.717) is 25.9 Å². The molecule has 2 unspecified atom stereocenters. The van der Waals surface area contributed by atoms with Crippen molar-refractivity contribution in [3.63, 3.8) is 0 Å². The molecule has 2 atom stereocenters. The lowest BCUT2D eigenvalue weighted by molar-refractivity contribution is -0.130. The third-order valence-corrected chi connectivity index (χ3v) is 5.80. The molecule has 2 fully saturated rings. The molecule has 1 saturated carbocycles. The van der Waals surface area contributed by atoms with Crippen LogP contribution in [0.3, 0.4) is 0 Å². The second-order valence-corrected chi connectivity index (χ2v) is 8.07. The summed E-state index contributed by atoms with van der Waals surface area (Å²) in [7, 11) is 0. The van der Waals surface area contributed by atoms with E-state index in [1.165, 1.54) is 11.1 Å². The number of aromatic nitrogens is 1. The second kappa shape index (κ2) is 8.13. The number of nitrogens with zero attached hydrogens (tertiary/aromatic N) is 2. The molecule has 5 heteroatoms. The van der Waals surface area contributed by atoms with E-state index in [1.54, 1.807) is 6.20 Å². The summed E-state index contributed by atoms with van der Waals surface area (Å²) >= 11 is 0. The van der Waals surface area contributed by atoms with Crippen LogP contribution >= 0.6 is 0 Å². The Balaban J connectivity index is 1.44. The molecule has 2 aromatic rings. The Morgan fingerprint density at radius 2 is 1.93 bits per heavy atom. The van der Waals surface area contributed by atoms with Gasteiger partial charge in [0.25, 0.3) is 0 Å². The van der Waals surface area contributed by atoms with Gasteiger partial charge in [0.2, 0.25) is 11.8 Å². The summed E-state index contributed by atoms with van der Waals surface area (Å²) in [6.07, 6.45) is 6.69. The molecule has 0 spiro atoms. The maximum Gasteiger partial charge on any atom is 0.223 e. The number of hydrogen-bond donors (Lipinski definition) is 1. The number of rotatable bonds is 6. The summed E-state index contributed by atoms with van der Waals surface area (Å²) < 4.78 is 0. The standard InChI is InChI=1S/C23H27N3O2/c1-16-4-7-18(8-5-16)20-14-26(15-21(20)25-23(28)19-9-10-19)22(27)11-6-17-3-2-12-24-13-17/h2-5,7-8,12-13,19-21H,6,9-11,14-15H2,1H3,(H,25,28). The largest absolute Gasteiger partial charge is 0.351 e. The van der Waals surface area contributed by atoms with Gasteiger partial charge in [0.05, 0.1) is 6.04 Å². The highest BCUT2D eigenvalue weighted by atomic mass is 16.2. The van der Waals surface area contributed by atoms with Crippen LogP contribution < -0.4 is 5.32 Å². The molecule has 2 aliphatic rings. The maximum absolute atomic E-state index is 12.8. The minimum Gasteiger partial charge on any atom is -0.351 e. The summed E-state index contributed by atoms with van der Waals surface area (Å²) in [5, 5.41) is 3.22. The summed E-state index contributed by atoms with van der Waals surface area (Å²) in [4.78, 5) is 31.2. The number of benzene rings is 1. The van der Waals surface area contributed by atoms with Crippen LogP contribution in [-0.2, 0) is 16.0 Å². The fourth-order valence-corrected chi connectivity index (χ4v) is 3.91. The third-order valence-electron chi connectivity index (χ3n) is 5.80. The third kappa shape index (κ3) is 4.41. The first-order valence-electron chi connectivity index (χ1n) is 10.1. The molecular formula is C23H27N3O2. The average molecular weight is 377 g/mol. The van der Waals surface area contributed by atoms with Crippen molar-refractivity contribution in [1.82, 2.24) is 15.2 Å². The zero-order valence-electron chi connectivity index (χ0n) is 16.3. The van der Waals surface area contributed by atoms with Crippen LogP contribution in [-0.4, -0.2) is 40.8 Å². The van der Waals surface area contributed by atoms with Crippen LogP contribution in [0.5, 0.6) is 0 Å². The van der Waals surface area contributed by atoms with E-state index in [2.05, 4.69) is 41.5 Å². The van der Waals surface area contributed by atoms with Gasteiger partial charge >= 0.3 is 0 Å². The number of likely N-dealkylation sites (tertiary alicyclic amines) is 1. The number of carbonyl (C=O) groups excluding carboxylic acids is 2. The zero-order valence-corrected chi connectivity index (χ0v) is 16.3. The molecule has 28 heavy (non-hydrogen) atoms. The van der Waals surface area contributed by atoms with Crippen LogP contribution in [0, 0.1) is 12.8 Å². The molecule has 2 amide bonds. The molecule has 1 aromatic carbocycles. The first-order valence-corrected chi connectivity index (χ1v) is 10.1. The topological polar surface area (TPSA) is 62.3 Å². The normalized spacial score (nSPS) is 21.5. The van der Waals surface area contributed by atoms with E-state index >= 15 is 0 Å². The number of nitrogens with one attached hydrogen (secondary N) is 1. The summed E-state index contributed by atoms with van der Waals surface area (Å²) in [5.41, 5.74) is 3.47. The number of hydrogen-bond acceptors (Lipinski definition) is 3. The zero-order chi connectivity index (χ0) is 19.5. The van der Waals surface area contributed by atoms with Crippen molar-refractivity contribution < 1.29 is 9.59 Å². The molecular weight excluding hydrogens is 350 g/mol. The molecule has 1 aliphatic heterocycles. The molecule has 146 valence electrons. The molecule has 0 bridgehead atoms. The van der Waals surface area contributed by atoms with Gasteiger partial charge in [0.15, 0.2) is 0 Å². The van der Waals surface area contributed by atoms with Crippen LogP contribution in [0.2, 0.25) is 0 Å². The van der Waals surface area contributed by atoms with Gasteiger partial charge in [-0.3, -0.25) is 14.6 Å². The molecule has 5 nitrogen and oxygen atoms in total. The van der Waals surface area contributed by atoms with E-state index in [9.17, 15) is 9.59 Å². The molecule has 2 heterocycles. The highest BCUT2D eigenvalue weighted by Gasteiger charge is 2.39. The van der Waals surface area contributed by atoms with Gasteiger partial charge in [-0.1, -0.05) is 35.9 Å². The highest BCUT2D eigenvalue weighted by molar-refractivity contribution is 5.82. The lowest BCUT2D eigenvalue weighted by Gasteiger charge is -2.20. The minimum atomic E-state index is -0.0156. The fraction of sp³-hybridized carbons (Fsp3) is 0.435. The lowest BCUT2D eigenvalue weighted by atomic mass is 9.93. The van der Waals surface area contributed by atoms with E-state index in [0.717, 1.165) is 18.4 Å². The SMILES string of the molecule is Cc1ccc(C2CN(C(=O)CCc3cccnc3)CC2NC(=O)C2CC2)cc1. The van der Waals surface area contributed by atoms with Gasteiger partial charge < -0.3 is 10.2 Å². The molecule has 1 aromatic heterocycles. The summed E-state index contributed by atoms with van der Waals surface area (Å²) in [6.45, 7) is 3.31. The van der Waals surface area contributed by atoms with E-state index in [4.69, 9.17) is 0 Å². The first kappa shape index (κ1) is 18.7. The van der Waals surface area contributed by atoms with Gasteiger partial charge in [0, 0.05) is 43.7 Å². The maximum atomic E-state index is 12.8. The first-order chi connectivity index (χ1) is 13.6. The Morgan fingerprint density at radius 1 is 1.14 bits per heavy atom. The minimum absolute atomic E-state index is 0.0156. The average Bonchev–Trinajstić information content (AvgIpc) is 3.49. The van der Waals surface area contributed by atoms with Crippen molar-refractivity contribution >= 4 is 11.8 Å². The van der Waals surface area contributed by atoms with Gasteiger partial charge in [-0.05, 0) is 43.4 Å². The highest BCUT2D eigenvalue weighted by Crippen LogP contribution is 2.32. The number of aryl methyl sites for hydroxylation is 2. The predicted molar refractivity (Wildman–Crippen MR) is 108 cm³/mol. The smallest absolute Gasteiger partial charge is 0.223 e. The van der Waals surface area contributed by atoms with Crippen molar-refractivity contribution in [2.45, 2.75) is 44.6 Å². The van der Waals surface area contributed by atoms with Crippen molar-refractivity contribution in [2.24, 2.45) is 5.92 Å². The van der Waals surface area contributed by atoms with E-state index < -0.39 is 0 Å². The van der Waals surface area contributed by atoms with Crippen LogP contribution in [0.1, 0.15) is 41.9 Å². The van der Waals surface area contributed by atoms with Gasteiger partial charge in [0.1, 0.15) is 0 Å². The monoisotopic (exact) mass is 377 g/mol. The van der Waals surface area contributed by atoms with Crippen molar-refractivity contribution in [3.05, 3.63) is 65.5 Å². The predicted octanol–water partition coefficient (Wildman–Crippen LogP) is 2.84. The summed E-state index contributed by atoms with van der Waals surface area (Å²) in [5.74, 6) is 0.607. The Kier molecular flexibility index (Phi) is 5.42. The number of pyridine rings is 1. The Bertz CT molecular complexity index is 831. The van der Waals surface area contributed by atoms with Gasteiger partial charge in [-0.15, -0.1) is 0 Å². The van der Waals surface area contributed by atoms with Gasteiger partial charge in [-0.25, -0.2) is 0 Å². The molecule has 0 radical (unpaired) electrons. The fourth-order valence-electron chi connectivity index (χ4n) is 3.91. The lowest BCUT2D eigenvalue weighted by Crippen LogP contribution is -2.41. The number of carbonyl (C=O) groups is 2. The quantitative estimate of drug-likeness (QED) is 0.842. The van der Waals surface area contributed by atoms with Crippen molar-refractivity contribution in [2.75, 3.05) is 13.1 Å². The molecule has 1 saturated heterocycles.